The van der Waals surface area contributed by atoms with Gasteiger partial charge in [0.1, 0.15) is 0 Å². The van der Waals surface area contributed by atoms with Crippen molar-refractivity contribution in [2.45, 2.75) is 86.5 Å². The molecule has 0 aromatic heterocycles. The van der Waals surface area contributed by atoms with Crippen LogP contribution < -0.4 is 0 Å². The van der Waals surface area contributed by atoms with Gasteiger partial charge in [-0.1, -0.05) is 66.5 Å². The van der Waals surface area contributed by atoms with E-state index in [2.05, 4.69) is 40.9 Å². The van der Waals surface area contributed by atoms with Crippen molar-refractivity contribution in [3.05, 3.63) is 24.3 Å². The average molecular weight is 383 g/mol. The topological polar surface area (TPSA) is 52.6 Å². The summed E-state index contributed by atoms with van der Waals surface area (Å²) in [5.41, 5.74) is 0.955. The van der Waals surface area contributed by atoms with Crippen molar-refractivity contribution in [1.82, 2.24) is 0 Å². The van der Waals surface area contributed by atoms with Gasteiger partial charge in [0, 0.05) is 11.1 Å². The lowest BCUT2D eigenvalue weighted by Gasteiger charge is -2.05. The molecule has 27 heavy (non-hydrogen) atoms. The van der Waals surface area contributed by atoms with E-state index in [-0.39, 0.29) is 11.9 Å². The second kappa shape index (κ2) is 17.8. The van der Waals surface area contributed by atoms with E-state index in [0.29, 0.717) is 24.4 Å². The first kappa shape index (κ1) is 27.6. The van der Waals surface area contributed by atoms with Gasteiger partial charge in [0.2, 0.25) is 0 Å². The van der Waals surface area contributed by atoms with Crippen molar-refractivity contribution < 1.29 is 19.1 Å². The summed E-state index contributed by atoms with van der Waals surface area (Å²) < 4.78 is 9.92. The molecule has 4 heteroatoms. The molecule has 4 nitrogen and oxygen atoms in total. The molecule has 0 amide bonds. The molecule has 0 rings (SSSR count). The Bertz CT molecular complexity index is 436. The molecule has 0 aliphatic heterocycles. The predicted molar refractivity (Wildman–Crippen MR) is 114 cm³/mol. The smallest absolute Gasteiger partial charge is 0.333 e. The molecule has 0 heterocycles. The highest BCUT2D eigenvalue weighted by molar-refractivity contribution is 5.87. The van der Waals surface area contributed by atoms with Crippen LogP contribution in [0.15, 0.2) is 24.3 Å². The molecule has 158 valence electrons. The Balaban J connectivity index is 0. The third kappa shape index (κ3) is 22.4. The van der Waals surface area contributed by atoms with Gasteiger partial charge < -0.3 is 9.47 Å². The summed E-state index contributed by atoms with van der Waals surface area (Å²) in [7, 11) is 0. The number of carbonyl (C=O) groups is 2. The van der Waals surface area contributed by atoms with Crippen LogP contribution in [0.1, 0.15) is 86.5 Å². The van der Waals surface area contributed by atoms with Gasteiger partial charge in [0.05, 0.1) is 13.2 Å². The number of rotatable bonds is 13. The molecule has 0 aromatic rings. The Kier molecular flexibility index (Phi) is 18.2. The number of esters is 2. The predicted octanol–water partition coefficient (Wildman–Crippen LogP) is 6.25. The second-order valence-corrected chi connectivity index (χ2v) is 7.97. The van der Waals surface area contributed by atoms with Gasteiger partial charge in [-0.3, -0.25) is 0 Å². The summed E-state index contributed by atoms with van der Waals surface area (Å²) in [4.78, 5) is 21.9. The fourth-order valence-corrected chi connectivity index (χ4v) is 2.06. The maximum atomic E-state index is 11.0. The minimum Gasteiger partial charge on any atom is -0.462 e. The maximum absolute atomic E-state index is 11.0. The van der Waals surface area contributed by atoms with Crippen LogP contribution in [0, 0.1) is 11.8 Å². The number of hydrogen-bond donors (Lipinski definition) is 0. The van der Waals surface area contributed by atoms with Crippen molar-refractivity contribution in [2.24, 2.45) is 11.8 Å². The van der Waals surface area contributed by atoms with E-state index >= 15 is 0 Å². The fourth-order valence-electron chi connectivity index (χ4n) is 2.06. The second-order valence-electron chi connectivity index (χ2n) is 7.97. The number of ether oxygens (including phenoxy) is 2. The standard InChI is InChI=1S/C12H22O2.C11H20O2/c1-10(2)8-6-5-7-9-14-12(13)11(3)4;1-9(2)7-5-6-8-13-11(12)10(3)4/h10H,3,5-9H2,1-2,4H3;9H,3,5-8H2,1-2,4H3. The quantitative estimate of drug-likeness (QED) is 0.214. The van der Waals surface area contributed by atoms with Crippen molar-refractivity contribution in [3.8, 4) is 0 Å². The Labute approximate surface area is 167 Å². The molecule has 0 aliphatic rings. The van der Waals surface area contributed by atoms with E-state index in [4.69, 9.17) is 9.47 Å². The fraction of sp³-hybridized carbons (Fsp3) is 0.739. The number of hydrogen-bond acceptors (Lipinski definition) is 4. The lowest BCUT2D eigenvalue weighted by Crippen LogP contribution is -2.06. The molecule has 0 atom stereocenters. The maximum Gasteiger partial charge on any atom is 0.333 e. The highest BCUT2D eigenvalue weighted by Crippen LogP contribution is 2.08. The summed E-state index contributed by atoms with van der Waals surface area (Å²) in [6.45, 7) is 20.3. The summed E-state index contributed by atoms with van der Waals surface area (Å²) >= 11 is 0. The van der Waals surface area contributed by atoms with Gasteiger partial charge in [-0.05, 0) is 44.9 Å². The van der Waals surface area contributed by atoms with Crippen LogP contribution in [0.5, 0.6) is 0 Å². The highest BCUT2D eigenvalue weighted by Gasteiger charge is 2.02. The van der Waals surface area contributed by atoms with Crippen LogP contribution in [-0.4, -0.2) is 25.2 Å². The Hall–Kier alpha value is -1.58. The van der Waals surface area contributed by atoms with Crippen LogP contribution in [0.25, 0.3) is 0 Å². The lowest BCUT2D eigenvalue weighted by molar-refractivity contribution is -0.139. The number of unbranched alkanes of at least 4 members (excludes halogenated alkanes) is 3. The van der Waals surface area contributed by atoms with Crippen LogP contribution in [0.2, 0.25) is 0 Å². The zero-order valence-electron chi connectivity index (χ0n) is 18.6. The Morgan fingerprint density at radius 3 is 1.33 bits per heavy atom. The molecule has 0 N–H and O–H groups in total. The minimum atomic E-state index is -0.274. The van der Waals surface area contributed by atoms with E-state index in [0.717, 1.165) is 37.5 Å². The van der Waals surface area contributed by atoms with E-state index in [1.807, 2.05) is 0 Å². The molecule has 0 saturated heterocycles. The van der Waals surface area contributed by atoms with Crippen molar-refractivity contribution in [1.29, 1.82) is 0 Å². The van der Waals surface area contributed by atoms with Gasteiger partial charge in [0.25, 0.3) is 0 Å². The normalized spacial score (nSPS) is 10.2. The van der Waals surface area contributed by atoms with Crippen LogP contribution in [0.3, 0.4) is 0 Å². The molecule has 0 radical (unpaired) electrons. The third-order valence-corrected chi connectivity index (χ3v) is 3.76. The molecular weight excluding hydrogens is 340 g/mol. The van der Waals surface area contributed by atoms with Gasteiger partial charge in [0.15, 0.2) is 0 Å². The van der Waals surface area contributed by atoms with E-state index in [9.17, 15) is 9.59 Å². The average Bonchev–Trinajstić information content (AvgIpc) is 2.57. The molecule has 0 bridgehead atoms. The summed E-state index contributed by atoms with van der Waals surface area (Å²) in [6.07, 6.45) is 7.87. The van der Waals surface area contributed by atoms with Crippen LogP contribution in [0.4, 0.5) is 0 Å². The van der Waals surface area contributed by atoms with E-state index in [1.165, 1.54) is 19.3 Å². The van der Waals surface area contributed by atoms with Gasteiger partial charge >= 0.3 is 11.9 Å². The van der Waals surface area contributed by atoms with Gasteiger partial charge in [-0.15, -0.1) is 0 Å². The molecule has 0 fully saturated rings. The highest BCUT2D eigenvalue weighted by atomic mass is 16.5. The summed E-state index contributed by atoms with van der Waals surface area (Å²) in [6, 6.07) is 0. The molecular formula is C23H42O4. The van der Waals surface area contributed by atoms with Gasteiger partial charge in [-0.2, -0.15) is 0 Å². The molecule has 0 spiro atoms. The van der Waals surface area contributed by atoms with E-state index < -0.39 is 0 Å². The van der Waals surface area contributed by atoms with Crippen LogP contribution in [-0.2, 0) is 19.1 Å². The first-order valence-corrected chi connectivity index (χ1v) is 10.2. The van der Waals surface area contributed by atoms with Crippen molar-refractivity contribution in [3.63, 3.8) is 0 Å². The zero-order chi connectivity index (χ0) is 21.2. The van der Waals surface area contributed by atoms with Crippen molar-refractivity contribution >= 4 is 11.9 Å². The summed E-state index contributed by atoms with van der Waals surface area (Å²) in [5, 5.41) is 0. The number of carbonyl (C=O) groups excluding carboxylic acids is 2. The molecule has 0 aliphatic carbocycles. The SMILES string of the molecule is C=C(C)C(=O)OCCCCC(C)C.C=C(C)C(=O)OCCCCCC(C)C. The first-order valence-electron chi connectivity index (χ1n) is 10.2. The zero-order valence-corrected chi connectivity index (χ0v) is 18.6. The van der Waals surface area contributed by atoms with Crippen molar-refractivity contribution in [2.75, 3.05) is 13.2 Å². The van der Waals surface area contributed by atoms with Crippen LogP contribution >= 0.6 is 0 Å². The lowest BCUT2D eigenvalue weighted by atomic mass is 10.1. The minimum absolute atomic E-state index is 0.270. The largest absolute Gasteiger partial charge is 0.462 e. The summed E-state index contributed by atoms with van der Waals surface area (Å²) in [5.74, 6) is 0.961. The molecule has 0 unspecified atom stereocenters. The third-order valence-electron chi connectivity index (χ3n) is 3.76. The monoisotopic (exact) mass is 382 g/mol. The van der Waals surface area contributed by atoms with E-state index in [1.54, 1.807) is 13.8 Å². The molecule has 0 saturated carbocycles. The van der Waals surface area contributed by atoms with Gasteiger partial charge in [-0.25, -0.2) is 9.59 Å². The Morgan fingerprint density at radius 1 is 0.667 bits per heavy atom. The molecule has 0 aromatic carbocycles. The first-order chi connectivity index (χ1) is 12.6. The Morgan fingerprint density at radius 2 is 1.00 bits per heavy atom.